The molecule has 0 fully saturated rings. The lowest BCUT2D eigenvalue weighted by Gasteiger charge is -2.26. The van der Waals surface area contributed by atoms with Crippen LogP contribution in [0.4, 0.5) is 0 Å². The molecule has 13 heavy (non-hydrogen) atoms. The molecular weight excluding hydrogens is 158 g/mol. The van der Waals surface area contributed by atoms with E-state index in [9.17, 15) is 0 Å². The minimum absolute atomic E-state index is 0.727. The highest BCUT2D eigenvalue weighted by molar-refractivity contribution is 4.73. The summed E-state index contributed by atoms with van der Waals surface area (Å²) in [5.74, 6) is 1.63. The first-order valence-corrected chi connectivity index (χ1v) is 5.85. The monoisotopic (exact) mass is 185 g/mol. The zero-order valence-electron chi connectivity index (χ0n) is 10.1. The smallest absolute Gasteiger partial charge is 0.00950 e. The van der Waals surface area contributed by atoms with Gasteiger partial charge in [-0.15, -0.1) is 0 Å². The molecule has 0 saturated heterocycles. The fourth-order valence-corrected chi connectivity index (χ4v) is 1.94. The van der Waals surface area contributed by atoms with Crippen LogP contribution in [0.2, 0.25) is 0 Å². The van der Waals surface area contributed by atoms with Gasteiger partial charge in [0.1, 0.15) is 0 Å². The maximum Gasteiger partial charge on any atom is 0.00950 e. The van der Waals surface area contributed by atoms with Gasteiger partial charge in [0.05, 0.1) is 0 Å². The third-order valence-electron chi connectivity index (χ3n) is 2.62. The van der Waals surface area contributed by atoms with E-state index in [0.717, 1.165) is 24.4 Å². The van der Waals surface area contributed by atoms with Crippen LogP contribution < -0.4 is 5.32 Å². The molecule has 2 unspecified atom stereocenters. The van der Waals surface area contributed by atoms with Gasteiger partial charge in [-0.1, -0.05) is 41.0 Å². The van der Waals surface area contributed by atoms with Crippen LogP contribution in [0.5, 0.6) is 0 Å². The van der Waals surface area contributed by atoms with E-state index in [-0.39, 0.29) is 0 Å². The lowest BCUT2D eigenvalue weighted by Crippen LogP contribution is -2.36. The van der Waals surface area contributed by atoms with Gasteiger partial charge in [-0.05, 0) is 31.2 Å². The molecule has 0 spiro atoms. The molecule has 0 heterocycles. The van der Waals surface area contributed by atoms with Crippen LogP contribution in [-0.2, 0) is 0 Å². The Kier molecular flexibility index (Phi) is 7.35. The molecule has 0 aliphatic rings. The van der Waals surface area contributed by atoms with Crippen molar-refractivity contribution in [1.82, 2.24) is 5.32 Å². The Morgan fingerprint density at radius 2 is 1.69 bits per heavy atom. The quantitative estimate of drug-likeness (QED) is 0.640. The molecule has 0 bridgehead atoms. The predicted molar refractivity (Wildman–Crippen MR) is 61.0 cm³/mol. The summed E-state index contributed by atoms with van der Waals surface area (Å²) in [4.78, 5) is 0. The zero-order chi connectivity index (χ0) is 10.3. The van der Waals surface area contributed by atoms with E-state index in [1.54, 1.807) is 0 Å². The predicted octanol–water partition coefficient (Wildman–Crippen LogP) is 3.45. The second-order valence-electron chi connectivity index (χ2n) is 4.56. The third-order valence-corrected chi connectivity index (χ3v) is 2.62. The molecule has 0 aromatic carbocycles. The molecule has 1 nitrogen and oxygen atoms in total. The van der Waals surface area contributed by atoms with Crippen molar-refractivity contribution in [2.24, 2.45) is 11.8 Å². The maximum absolute atomic E-state index is 3.60. The maximum atomic E-state index is 3.60. The summed E-state index contributed by atoms with van der Waals surface area (Å²) < 4.78 is 0. The number of hydrogen-bond acceptors (Lipinski definition) is 1. The van der Waals surface area contributed by atoms with E-state index in [2.05, 4.69) is 39.9 Å². The van der Waals surface area contributed by atoms with Crippen LogP contribution in [0.15, 0.2) is 0 Å². The first kappa shape index (κ1) is 13.0. The summed E-state index contributed by atoms with van der Waals surface area (Å²) in [5, 5.41) is 3.60. The lowest BCUT2D eigenvalue weighted by atomic mass is 9.90. The Bertz CT molecular complexity index is 110. The summed E-state index contributed by atoms with van der Waals surface area (Å²) in [5.41, 5.74) is 0. The third kappa shape index (κ3) is 6.09. The summed E-state index contributed by atoms with van der Waals surface area (Å²) in [6, 6.07) is 0.727. The molecule has 0 aliphatic carbocycles. The van der Waals surface area contributed by atoms with Gasteiger partial charge in [-0.3, -0.25) is 0 Å². The van der Waals surface area contributed by atoms with E-state index >= 15 is 0 Å². The van der Waals surface area contributed by atoms with Crippen LogP contribution in [0.25, 0.3) is 0 Å². The Hall–Kier alpha value is -0.0400. The summed E-state index contributed by atoms with van der Waals surface area (Å²) in [7, 11) is 0. The average molecular weight is 185 g/mol. The number of nitrogens with one attached hydrogen (secondary N) is 1. The second-order valence-corrected chi connectivity index (χ2v) is 4.56. The Morgan fingerprint density at radius 1 is 1.08 bits per heavy atom. The molecule has 1 N–H and O–H groups in total. The van der Waals surface area contributed by atoms with Crippen molar-refractivity contribution in [3.63, 3.8) is 0 Å². The molecular formula is C12H27N. The average Bonchev–Trinajstić information content (AvgIpc) is 2.03. The Balaban J connectivity index is 3.90. The molecule has 0 amide bonds. The van der Waals surface area contributed by atoms with Crippen molar-refractivity contribution >= 4 is 0 Å². The van der Waals surface area contributed by atoms with Gasteiger partial charge >= 0.3 is 0 Å². The van der Waals surface area contributed by atoms with Crippen molar-refractivity contribution in [3.05, 3.63) is 0 Å². The second kappa shape index (κ2) is 7.37. The lowest BCUT2D eigenvalue weighted by molar-refractivity contribution is 0.311. The topological polar surface area (TPSA) is 12.0 Å². The van der Waals surface area contributed by atoms with Crippen molar-refractivity contribution in [3.8, 4) is 0 Å². The van der Waals surface area contributed by atoms with Gasteiger partial charge < -0.3 is 5.32 Å². The first-order chi connectivity index (χ1) is 6.11. The van der Waals surface area contributed by atoms with Crippen LogP contribution in [0.3, 0.4) is 0 Å². The van der Waals surface area contributed by atoms with Crippen LogP contribution in [-0.4, -0.2) is 12.6 Å². The number of rotatable bonds is 7. The van der Waals surface area contributed by atoms with Gasteiger partial charge in [-0.2, -0.15) is 0 Å². The molecule has 1 heteroatoms. The SMILES string of the molecule is CCCC(C)C(CC(C)C)NCC. The molecule has 0 rings (SSSR count). The summed E-state index contributed by atoms with van der Waals surface area (Å²) in [6.07, 6.45) is 3.97. The normalized spacial score (nSPS) is 16.2. The van der Waals surface area contributed by atoms with Crippen molar-refractivity contribution in [1.29, 1.82) is 0 Å². The Labute approximate surface area is 84.3 Å². The first-order valence-electron chi connectivity index (χ1n) is 5.85. The van der Waals surface area contributed by atoms with Gasteiger partial charge in [-0.25, -0.2) is 0 Å². The standard InChI is InChI=1S/C12H27N/c1-6-8-11(5)12(13-7-2)9-10(3)4/h10-13H,6-9H2,1-5H3. The fraction of sp³-hybridized carbons (Fsp3) is 1.00. The van der Waals surface area contributed by atoms with E-state index in [4.69, 9.17) is 0 Å². The van der Waals surface area contributed by atoms with Gasteiger partial charge in [0.15, 0.2) is 0 Å². The molecule has 2 atom stereocenters. The largest absolute Gasteiger partial charge is 0.314 e. The van der Waals surface area contributed by atoms with Crippen molar-refractivity contribution in [2.45, 2.75) is 59.9 Å². The van der Waals surface area contributed by atoms with E-state index in [1.807, 2.05) is 0 Å². The highest BCUT2D eigenvalue weighted by atomic mass is 14.9. The summed E-state index contributed by atoms with van der Waals surface area (Å²) in [6.45, 7) is 12.6. The molecule has 0 aliphatic heterocycles. The zero-order valence-corrected chi connectivity index (χ0v) is 10.1. The fourth-order valence-electron chi connectivity index (χ4n) is 1.94. The summed E-state index contributed by atoms with van der Waals surface area (Å²) >= 11 is 0. The van der Waals surface area contributed by atoms with Crippen molar-refractivity contribution in [2.75, 3.05) is 6.54 Å². The Morgan fingerprint density at radius 3 is 2.08 bits per heavy atom. The van der Waals surface area contributed by atoms with Crippen LogP contribution in [0.1, 0.15) is 53.9 Å². The van der Waals surface area contributed by atoms with Crippen molar-refractivity contribution < 1.29 is 0 Å². The molecule has 0 radical (unpaired) electrons. The number of hydrogen-bond donors (Lipinski definition) is 1. The van der Waals surface area contributed by atoms with E-state index < -0.39 is 0 Å². The molecule has 80 valence electrons. The van der Waals surface area contributed by atoms with E-state index in [1.165, 1.54) is 19.3 Å². The van der Waals surface area contributed by atoms with E-state index in [0.29, 0.717) is 0 Å². The van der Waals surface area contributed by atoms with Crippen LogP contribution >= 0.6 is 0 Å². The van der Waals surface area contributed by atoms with Gasteiger partial charge in [0, 0.05) is 6.04 Å². The van der Waals surface area contributed by atoms with Gasteiger partial charge in [0.25, 0.3) is 0 Å². The highest BCUT2D eigenvalue weighted by Crippen LogP contribution is 2.17. The van der Waals surface area contributed by atoms with Crippen LogP contribution in [0, 0.1) is 11.8 Å². The highest BCUT2D eigenvalue weighted by Gasteiger charge is 2.16. The minimum Gasteiger partial charge on any atom is -0.314 e. The molecule has 0 aromatic heterocycles. The minimum atomic E-state index is 0.727. The van der Waals surface area contributed by atoms with Gasteiger partial charge in [0.2, 0.25) is 0 Å². The molecule has 0 aromatic rings. The molecule has 0 saturated carbocycles.